The summed E-state index contributed by atoms with van der Waals surface area (Å²) in [6.45, 7) is 0. The summed E-state index contributed by atoms with van der Waals surface area (Å²) in [6.07, 6.45) is 1.77. The Labute approximate surface area is 104 Å². The molecular weight excluding hydrogens is 230 g/mol. The van der Waals surface area contributed by atoms with Crippen LogP contribution in [0.25, 0.3) is 10.9 Å². The number of benzene rings is 1. The van der Waals surface area contributed by atoms with Crippen molar-refractivity contribution in [1.29, 1.82) is 0 Å². The largest absolute Gasteiger partial charge is 0.371 e. The molecule has 2 amide bonds. The van der Waals surface area contributed by atoms with Gasteiger partial charge in [0.2, 0.25) is 0 Å². The fourth-order valence-electron chi connectivity index (χ4n) is 2.42. The number of aromatic amines is 1. The first kappa shape index (κ1) is 11.1. The monoisotopic (exact) mass is 245 g/mol. The highest BCUT2D eigenvalue weighted by Gasteiger charge is 2.35. The first-order valence-electron chi connectivity index (χ1n) is 5.93. The van der Waals surface area contributed by atoms with Gasteiger partial charge in [-0.3, -0.25) is 0 Å². The van der Waals surface area contributed by atoms with E-state index in [1.165, 1.54) is 4.90 Å². The molecule has 1 aliphatic heterocycles. The van der Waals surface area contributed by atoms with Gasteiger partial charge >= 0.3 is 6.03 Å². The van der Waals surface area contributed by atoms with Crippen molar-refractivity contribution in [2.24, 2.45) is 0 Å². The predicted octanol–water partition coefficient (Wildman–Crippen LogP) is 1.05. The molecule has 2 heterocycles. The molecule has 1 aromatic heterocycles. The number of nitrogens with one attached hydrogen (secondary N) is 2. The standard InChI is InChI=1S/C13H15N3O2/c1-16-12(17)11(15-13(16)18)6-8-7-14-10-5-3-2-4-9(8)10/h2-5,7,11-12,14,17H,6H2,1H3,(H,15,18). The van der Waals surface area contributed by atoms with Crippen LogP contribution in [-0.2, 0) is 6.42 Å². The molecule has 5 nitrogen and oxygen atoms in total. The molecule has 2 aromatic rings. The molecule has 5 heteroatoms. The number of carbonyl (C=O) groups excluding carboxylic acids is 1. The van der Waals surface area contributed by atoms with Gasteiger partial charge in [-0.1, -0.05) is 18.2 Å². The number of hydrogen-bond acceptors (Lipinski definition) is 2. The maximum absolute atomic E-state index is 11.4. The summed E-state index contributed by atoms with van der Waals surface area (Å²) in [5.41, 5.74) is 2.17. The lowest BCUT2D eigenvalue weighted by molar-refractivity contribution is 0.0564. The lowest BCUT2D eigenvalue weighted by Gasteiger charge is -2.16. The normalized spacial score (nSPS) is 23.7. The summed E-state index contributed by atoms with van der Waals surface area (Å²) in [5.74, 6) is 0. The van der Waals surface area contributed by atoms with Crippen LogP contribution in [0.4, 0.5) is 4.79 Å². The van der Waals surface area contributed by atoms with Crippen LogP contribution in [0.5, 0.6) is 0 Å². The van der Waals surface area contributed by atoms with Gasteiger partial charge in [-0.25, -0.2) is 4.79 Å². The number of rotatable bonds is 2. The molecule has 3 N–H and O–H groups in total. The van der Waals surface area contributed by atoms with Gasteiger partial charge in [0.1, 0.15) is 0 Å². The van der Waals surface area contributed by atoms with Gasteiger partial charge in [-0.05, 0) is 18.1 Å². The van der Waals surface area contributed by atoms with Gasteiger partial charge in [0, 0.05) is 24.1 Å². The fourth-order valence-corrected chi connectivity index (χ4v) is 2.42. The molecule has 1 fully saturated rings. The van der Waals surface area contributed by atoms with E-state index in [1.54, 1.807) is 7.05 Å². The van der Waals surface area contributed by atoms with Gasteiger partial charge in [0.05, 0.1) is 6.04 Å². The first-order chi connectivity index (χ1) is 8.66. The number of likely N-dealkylation sites (N-methyl/N-ethyl adjacent to an activating group) is 1. The second-order valence-corrected chi connectivity index (χ2v) is 4.64. The van der Waals surface area contributed by atoms with Crippen molar-refractivity contribution in [3.05, 3.63) is 36.0 Å². The summed E-state index contributed by atoms with van der Waals surface area (Å²) < 4.78 is 0. The molecule has 1 aliphatic rings. The van der Waals surface area contributed by atoms with Crippen LogP contribution in [0.1, 0.15) is 5.56 Å². The molecule has 2 unspecified atom stereocenters. The van der Waals surface area contributed by atoms with Crippen LogP contribution in [0.3, 0.4) is 0 Å². The highest BCUT2D eigenvalue weighted by Crippen LogP contribution is 2.21. The Morgan fingerprint density at radius 1 is 1.39 bits per heavy atom. The van der Waals surface area contributed by atoms with E-state index in [1.807, 2.05) is 30.5 Å². The lowest BCUT2D eigenvalue weighted by Crippen LogP contribution is -2.35. The van der Waals surface area contributed by atoms with E-state index in [0.29, 0.717) is 6.42 Å². The van der Waals surface area contributed by atoms with E-state index < -0.39 is 6.23 Å². The number of aliphatic hydroxyl groups excluding tert-OH is 1. The van der Waals surface area contributed by atoms with Crippen LogP contribution in [-0.4, -0.2) is 40.3 Å². The van der Waals surface area contributed by atoms with E-state index in [2.05, 4.69) is 10.3 Å². The number of urea groups is 1. The average molecular weight is 245 g/mol. The molecule has 1 saturated heterocycles. The molecular formula is C13H15N3O2. The van der Waals surface area contributed by atoms with Crippen molar-refractivity contribution in [1.82, 2.24) is 15.2 Å². The van der Waals surface area contributed by atoms with Crippen LogP contribution in [0.15, 0.2) is 30.5 Å². The molecule has 1 aromatic carbocycles. The topological polar surface area (TPSA) is 68.4 Å². The average Bonchev–Trinajstić information content (AvgIpc) is 2.89. The summed E-state index contributed by atoms with van der Waals surface area (Å²) in [6, 6.07) is 7.51. The van der Waals surface area contributed by atoms with Gasteiger partial charge in [0.15, 0.2) is 6.23 Å². The second kappa shape index (κ2) is 4.03. The molecule has 94 valence electrons. The molecule has 18 heavy (non-hydrogen) atoms. The molecule has 2 atom stereocenters. The Bertz CT molecular complexity index is 593. The van der Waals surface area contributed by atoms with Crippen molar-refractivity contribution in [3.63, 3.8) is 0 Å². The van der Waals surface area contributed by atoms with Crippen LogP contribution in [0, 0.1) is 0 Å². The molecule has 0 spiro atoms. The SMILES string of the molecule is CN1C(=O)NC(Cc2c[nH]c3ccccc23)C1O. The molecule has 0 radical (unpaired) electrons. The number of aromatic nitrogens is 1. The maximum Gasteiger partial charge on any atom is 0.319 e. The van der Waals surface area contributed by atoms with Gasteiger partial charge in [-0.2, -0.15) is 0 Å². The molecule has 0 bridgehead atoms. The predicted molar refractivity (Wildman–Crippen MR) is 68.1 cm³/mol. The van der Waals surface area contributed by atoms with E-state index in [0.717, 1.165) is 16.5 Å². The maximum atomic E-state index is 11.4. The number of carbonyl (C=O) groups is 1. The molecule has 3 rings (SSSR count). The number of aliphatic hydroxyl groups is 1. The smallest absolute Gasteiger partial charge is 0.319 e. The summed E-state index contributed by atoms with van der Waals surface area (Å²) in [4.78, 5) is 15.9. The zero-order chi connectivity index (χ0) is 12.7. The third kappa shape index (κ3) is 1.64. The Morgan fingerprint density at radius 2 is 2.17 bits per heavy atom. The number of para-hydroxylation sites is 1. The van der Waals surface area contributed by atoms with Crippen LogP contribution in [0.2, 0.25) is 0 Å². The molecule has 0 saturated carbocycles. The summed E-state index contributed by atoms with van der Waals surface area (Å²) in [5, 5.41) is 13.8. The van der Waals surface area contributed by atoms with Crippen LogP contribution >= 0.6 is 0 Å². The summed E-state index contributed by atoms with van der Waals surface area (Å²) >= 11 is 0. The van der Waals surface area contributed by atoms with Crippen molar-refractivity contribution < 1.29 is 9.90 Å². The van der Waals surface area contributed by atoms with Gasteiger partial charge < -0.3 is 20.3 Å². The number of nitrogens with zero attached hydrogens (tertiary/aromatic N) is 1. The summed E-state index contributed by atoms with van der Waals surface area (Å²) in [7, 11) is 1.59. The first-order valence-corrected chi connectivity index (χ1v) is 5.93. The zero-order valence-electron chi connectivity index (χ0n) is 10.1. The Kier molecular flexibility index (Phi) is 2.48. The minimum Gasteiger partial charge on any atom is -0.371 e. The quantitative estimate of drug-likeness (QED) is 0.740. The number of amides is 2. The van der Waals surface area contributed by atoms with E-state index in [4.69, 9.17) is 0 Å². The Balaban J connectivity index is 1.87. The van der Waals surface area contributed by atoms with Crippen molar-refractivity contribution in [2.45, 2.75) is 18.7 Å². The van der Waals surface area contributed by atoms with Gasteiger partial charge in [0.25, 0.3) is 0 Å². The van der Waals surface area contributed by atoms with Crippen molar-refractivity contribution in [3.8, 4) is 0 Å². The zero-order valence-corrected chi connectivity index (χ0v) is 10.1. The number of H-pyrrole nitrogens is 1. The molecule has 0 aliphatic carbocycles. The minimum absolute atomic E-state index is 0.229. The lowest BCUT2D eigenvalue weighted by atomic mass is 10.0. The van der Waals surface area contributed by atoms with Crippen molar-refractivity contribution >= 4 is 16.9 Å². The highest BCUT2D eigenvalue weighted by molar-refractivity contribution is 5.83. The third-order valence-corrected chi connectivity index (χ3v) is 3.50. The fraction of sp³-hybridized carbons (Fsp3) is 0.308. The minimum atomic E-state index is -0.772. The number of hydrogen-bond donors (Lipinski definition) is 3. The second-order valence-electron chi connectivity index (χ2n) is 4.64. The highest BCUT2D eigenvalue weighted by atomic mass is 16.3. The van der Waals surface area contributed by atoms with E-state index in [9.17, 15) is 9.90 Å². The Hall–Kier alpha value is -2.01. The van der Waals surface area contributed by atoms with E-state index in [-0.39, 0.29) is 12.1 Å². The third-order valence-electron chi connectivity index (χ3n) is 3.50. The van der Waals surface area contributed by atoms with Crippen molar-refractivity contribution in [2.75, 3.05) is 7.05 Å². The Morgan fingerprint density at radius 3 is 2.89 bits per heavy atom. The van der Waals surface area contributed by atoms with Crippen LogP contribution < -0.4 is 5.32 Å². The van der Waals surface area contributed by atoms with Gasteiger partial charge in [-0.15, -0.1) is 0 Å². The van der Waals surface area contributed by atoms with E-state index >= 15 is 0 Å². The number of fused-ring (bicyclic) bond motifs is 1.